The van der Waals surface area contributed by atoms with Gasteiger partial charge in [-0.05, 0) is 44.4 Å². The fourth-order valence-electron chi connectivity index (χ4n) is 2.84. The smallest absolute Gasteiger partial charge is 0.0574 e. The molecule has 0 saturated carbocycles. The van der Waals surface area contributed by atoms with Gasteiger partial charge in [-0.3, -0.25) is 4.98 Å². The van der Waals surface area contributed by atoms with Crippen molar-refractivity contribution in [2.75, 3.05) is 31.6 Å². The van der Waals surface area contributed by atoms with Crippen LogP contribution in [0.3, 0.4) is 0 Å². The van der Waals surface area contributed by atoms with Crippen molar-refractivity contribution >= 4 is 5.69 Å². The monoisotopic (exact) mass is 263 g/mol. The van der Waals surface area contributed by atoms with Gasteiger partial charge < -0.3 is 15.3 Å². The van der Waals surface area contributed by atoms with Crippen LogP contribution in [0.25, 0.3) is 0 Å². The average molecular weight is 263 g/mol. The maximum absolute atomic E-state index is 9.00. The van der Waals surface area contributed by atoms with E-state index in [2.05, 4.69) is 34.3 Å². The minimum atomic E-state index is 0.302. The topological polar surface area (TPSA) is 48.4 Å². The Morgan fingerprint density at radius 2 is 2.37 bits per heavy atom. The van der Waals surface area contributed by atoms with Gasteiger partial charge >= 0.3 is 0 Å². The Morgan fingerprint density at radius 1 is 1.53 bits per heavy atom. The third-order valence-electron chi connectivity index (χ3n) is 4.07. The molecule has 0 aromatic carbocycles. The number of aliphatic hydroxyl groups excluding tert-OH is 1. The second-order valence-electron chi connectivity index (χ2n) is 5.30. The molecule has 1 fully saturated rings. The summed E-state index contributed by atoms with van der Waals surface area (Å²) in [4.78, 5) is 6.96. The summed E-state index contributed by atoms with van der Waals surface area (Å²) in [7, 11) is 1.98. The van der Waals surface area contributed by atoms with E-state index in [9.17, 15) is 0 Å². The zero-order valence-electron chi connectivity index (χ0n) is 12.0. The molecule has 2 heterocycles. The summed E-state index contributed by atoms with van der Waals surface area (Å²) >= 11 is 0. The summed E-state index contributed by atoms with van der Waals surface area (Å²) in [6.07, 6.45) is 5.12. The predicted octanol–water partition coefficient (Wildman–Crippen LogP) is 1.96. The quantitative estimate of drug-likeness (QED) is 0.824. The van der Waals surface area contributed by atoms with E-state index in [4.69, 9.17) is 5.11 Å². The van der Waals surface area contributed by atoms with E-state index in [1.165, 1.54) is 12.1 Å². The van der Waals surface area contributed by atoms with Crippen LogP contribution in [-0.4, -0.2) is 36.8 Å². The van der Waals surface area contributed by atoms with Crippen molar-refractivity contribution in [1.29, 1.82) is 0 Å². The molecule has 4 nitrogen and oxygen atoms in total. The van der Waals surface area contributed by atoms with E-state index < -0.39 is 0 Å². The molecule has 0 radical (unpaired) electrons. The fraction of sp³-hybridized carbons (Fsp3) is 0.667. The average Bonchev–Trinajstić information content (AvgIpc) is 2.90. The fourth-order valence-corrected chi connectivity index (χ4v) is 2.84. The molecule has 0 aliphatic carbocycles. The van der Waals surface area contributed by atoms with E-state index in [0.717, 1.165) is 31.6 Å². The van der Waals surface area contributed by atoms with Gasteiger partial charge in [-0.2, -0.15) is 0 Å². The molecular formula is C15H25N3O. The van der Waals surface area contributed by atoms with E-state index in [0.29, 0.717) is 18.6 Å². The number of hydrogen-bond acceptors (Lipinski definition) is 4. The lowest BCUT2D eigenvalue weighted by Gasteiger charge is -2.20. The summed E-state index contributed by atoms with van der Waals surface area (Å²) in [5.74, 6) is 0.630. The molecule has 2 unspecified atom stereocenters. The molecule has 2 rings (SSSR count). The Kier molecular flexibility index (Phi) is 5.16. The van der Waals surface area contributed by atoms with E-state index >= 15 is 0 Å². The minimum Gasteiger partial charge on any atom is -0.396 e. The Hall–Kier alpha value is -1.13. The Labute approximate surface area is 115 Å². The van der Waals surface area contributed by atoms with Crippen molar-refractivity contribution in [3.8, 4) is 0 Å². The van der Waals surface area contributed by atoms with E-state index in [1.54, 1.807) is 0 Å². The molecule has 2 N–H and O–H groups in total. The molecule has 1 saturated heterocycles. The largest absolute Gasteiger partial charge is 0.396 e. The zero-order valence-corrected chi connectivity index (χ0v) is 12.0. The zero-order chi connectivity index (χ0) is 13.7. The van der Waals surface area contributed by atoms with Crippen LogP contribution in [0.4, 0.5) is 5.69 Å². The maximum atomic E-state index is 9.00. The molecular weight excluding hydrogens is 238 g/mol. The number of anilines is 1. The van der Waals surface area contributed by atoms with Gasteiger partial charge in [0.25, 0.3) is 0 Å². The Bertz CT molecular complexity index is 375. The normalized spacial score (nSPS) is 20.8. The lowest BCUT2D eigenvalue weighted by Crippen LogP contribution is -2.21. The first-order chi connectivity index (χ1) is 9.28. The molecule has 0 amide bonds. The molecule has 0 spiro atoms. The number of rotatable bonds is 6. The van der Waals surface area contributed by atoms with Crippen LogP contribution in [0.2, 0.25) is 0 Å². The third-order valence-corrected chi connectivity index (χ3v) is 4.07. The number of nitrogens with zero attached hydrogens (tertiary/aromatic N) is 2. The van der Waals surface area contributed by atoms with Gasteiger partial charge in [0.2, 0.25) is 0 Å². The maximum Gasteiger partial charge on any atom is 0.0574 e. The summed E-state index contributed by atoms with van der Waals surface area (Å²) in [5, 5.41) is 12.3. The van der Waals surface area contributed by atoms with Crippen molar-refractivity contribution in [2.24, 2.45) is 5.92 Å². The summed E-state index contributed by atoms with van der Waals surface area (Å²) < 4.78 is 0. The molecule has 106 valence electrons. The van der Waals surface area contributed by atoms with Crippen LogP contribution >= 0.6 is 0 Å². The van der Waals surface area contributed by atoms with Gasteiger partial charge in [-0.1, -0.05) is 6.92 Å². The molecule has 1 aliphatic rings. The van der Waals surface area contributed by atoms with Gasteiger partial charge in [0.15, 0.2) is 0 Å². The van der Waals surface area contributed by atoms with Crippen LogP contribution in [0, 0.1) is 5.92 Å². The van der Waals surface area contributed by atoms with E-state index in [-0.39, 0.29) is 0 Å². The number of hydrogen-bond donors (Lipinski definition) is 2. The first-order valence-corrected chi connectivity index (χ1v) is 7.27. The molecule has 2 atom stereocenters. The highest BCUT2D eigenvalue weighted by Gasteiger charge is 2.22. The first kappa shape index (κ1) is 14.3. The second kappa shape index (κ2) is 6.87. The van der Waals surface area contributed by atoms with Crippen molar-refractivity contribution < 1.29 is 5.11 Å². The van der Waals surface area contributed by atoms with Gasteiger partial charge in [-0.25, -0.2) is 0 Å². The van der Waals surface area contributed by atoms with Gasteiger partial charge in [0, 0.05) is 25.7 Å². The van der Waals surface area contributed by atoms with Crippen LogP contribution in [-0.2, 0) is 0 Å². The summed E-state index contributed by atoms with van der Waals surface area (Å²) in [6.45, 7) is 4.59. The highest BCUT2D eigenvalue weighted by atomic mass is 16.3. The van der Waals surface area contributed by atoms with Crippen molar-refractivity contribution in [3.05, 3.63) is 24.0 Å². The van der Waals surface area contributed by atoms with Gasteiger partial charge in [0.05, 0.1) is 17.6 Å². The molecule has 1 aromatic rings. The minimum absolute atomic E-state index is 0.302. The second-order valence-corrected chi connectivity index (χ2v) is 5.30. The SMILES string of the molecule is CCC(NC)c1ccc(N2CCC(CCO)C2)cn1. The van der Waals surface area contributed by atoms with Gasteiger partial charge in [-0.15, -0.1) is 0 Å². The third kappa shape index (κ3) is 3.45. The Morgan fingerprint density at radius 3 is 2.95 bits per heavy atom. The number of aliphatic hydroxyl groups is 1. The molecule has 0 bridgehead atoms. The molecule has 1 aliphatic heterocycles. The van der Waals surface area contributed by atoms with Crippen molar-refractivity contribution in [2.45, 2.75) is 32.2 Å². The van der Waals surface area contributed by atoms with Crippen LogP contribution in [0.5, 0.6) is 0 Å². The highest BCUT2D eigenvalue weighted by Crippen LogP contribution is 2.26. The molecule has 1 aromatic heterocycles. The lowest BCUT2D eigenvalue weighted by atomic mass is 10.1. The first-order valence-electron chi connectivity index (χ1n) is 7.27. The summed E-state index contributed by atoms with van der Waals surface area (Å²) in [5.41, 5.74) is 2.31. The number of aromatic nitrogens is 1. The van der Waals surface area contributed by atoms with Gasteiger partial charge in [0.1, 0.15) is 0 Å². The standard InChI is InChI=1S/C15H25N3O/c1-3-14(16-2)15-5-4-13(10-17-15)18-8-6-12(11-18)7-9-19/h4-5,10,12,14,16,19H,3,6-9,11H2,1-2H3. The summed E-state index contributed by atoms with van der Waals surface area (Å²) in [6, 6.07) is 4.64. The predicted molar refractivity (Wildman–Crippen MR) is 78.4 cm³/mol. The lowest BCUT2D eigenvalue weighted by molar-refractivity contribution is 0.263. The van der Waals surface area contributed by atoms with E-state index in [1.807, 2.05) is 13.2 Å². The van der Waals surface area contributed by atoms with Crippen LogP contribution in [0.1, 0.15) is 37.9 Å². The van der Waals surface area contributed by atoms with Crippen LogP contribution in [0.15, 0.2) is 18.3 Å². The number of nitrogens with one attached hydrogen (secondary N) is 1. The highest BCUT2D eigenvalue weighted by molar-refractivity contribution is 5.45. The Balaban J connectivity index is 1.99. The van der Waals surface area contributed by atoms with Crippen molar-refractivity contribution in [3.63, 3.8) is 0 Å². The van der Waals surface area contributed by atoms with Crippen LogP contribution < -0.4 is 10.2 Å². The molecule has 19 heavy (non-hydrogen) atoms. The van der Waals surface area contributed by atoms with Crippen molar-refractivity contribution in [1.82, 2.24) is 10.3 Å². The molecule has 4 heteroatoms. The number of pyridine rings is 1.